The summed E-state index contributed by atoms with van der Waals surface area (Å²) < 4.78 is 0. The predicted molar refractivity (Wildman–Crippen MR) is 65.7 cm³/mol. The zero-order chi connectivity index (χ0) is 12.1. The Kier molecular flexibility index (Phi) is 3.89. The molecule has 1 aromatic heterocycles. The van der Waals surface area contributed by atoms with Gasteiger partial charge in [-0.2, -0.15) is 5.26 Å². The fourth-order valence-electron chi connectivity index (χ4n) is 2.11. The topological polar surface area (TPSA) is 64.8 Å². The first-order valence-electron chi connectivity index (χ1n) is 6.04. The van der Waals surface area contributed by atoms with Gasteiger partial charge in [0.2, 0.25) is 0 Å². The van der Waals surface area contributed by atoms with Gasteiger partial charge in [0.15, 0.2) is 5.69 Å². The minimum atomic E-state index is 0.365. The van der Waals surface area contributed by atoms with E-state index in [1.807, 2.05) is 6.07 Å². The first-order valence-corrected chi connectivity index (χ1v) is 6.04. The summed E-state index contributed by atoms with van der Waals surface area (Å²) in [6.07, 6.45) is 5.68. The van der Waals surface area contributed by atoms with E-state index in [9.17, 15) is 0 Å². The third kappa shape index (κ3) is 2.92. The van der Waals surface area contributed by atoms with Gasteiger partial charge >= 0.3 is 0 Å². The Labute approximate surface area is 101 Å². The number of nitrogens with one attached hydrogen (secondary N) is 1. The van der Waals surface area contributed by atoms with Crippen molar-refractivity contribution in [2.75, 3.05) is 24.5 Å². The van der Waals surface area contributed by atoms with Gasteiger partial charge in [0.1, 0.15) is 11.9 Å². The molecule has 17 heavy (non-hydrogen) atoms. The fourth-order valence-corrected chi connectivity index (χ4v) is 2.11. The zero-order valence-corrected chi connectivity index (χ0v) is 10.1. The molecule has 1 unspecified atom stereocenters. The number of nitrogens with zero attached hydrogens (tertiary/aromatic N) is 4. The van der Waals surface area contributed by atoms with Gasteiger partial charge < -0.3 is 10.2 Å². The maximum absolute atomic E-state index is 8.68. The standard InChI is InChI=1S/C12H17N5/c1-2-17(9-10-4-3-5-14-10)12-8-15-11(6-13)7-16-12/h7-8,10,14H,2-5,9H2,1H3. The maximum atomic E-state index is 8.68. The number of hydrogen-bond donors (Lipinski definition) is 1. The van der Waals surface area contributed by atoms with E-state index in [2.05, 4.69) is 27.1 Å². The normalized spacial score (nSPS) is 18.9. The van der Waals surface area contributed by atoms with E-state index >= 15 is 0 Å². The first kappa shape index (κ1) is 11.8. The molecule has 2 heterocycles. The molecule has 1 N–H and O–H groups in total. The van der Waals surface area contributed by atoms with E-state index in [1.54, 1.807) is 6.20 Å². The molecule has 0 aromatic carbocycles. The monoisotopic (exact) mass is 231 g/mol. The molecule has 1 atom stereocenters. The summed E-state index contributed by atoms with van der Waals surface area (Å²) in [6, 6.07) is 2.53. The van der Waals surface area contributed by atoms with E-state index in [0.717, 1.165) is 25.5 Å². The first-order chi connectivity index (χ1) is 8.33. The van der Waals surface area contributed by atoms with Crippen molar-refractivity contribution in [2.24, 2.45) is 0 Å². The lowest BCUT2D eigenvalue weighted by atomic mass is 10.2. The van der Waals surface area contributed by atoms with Crippen LogP contribution in [0.2, 0.25) is 0 Å². The van der Waals surface area contributed by atoms with Crippen molar-refractivity contribution in [1.82, 2.24) is 15.3 Å². The maximum Gasteiger partial charge on any atom is 0.158 e. The van der Waals surface area contributed by atoms with Crippen molar-refractivity contribution in [3.8, 4) is 6.07 Å². The summed E-state index contributed by atoms with van der Waals surface area (Å²) in [5, 5.41) is 12.1. The number of rotatable bonds is 4. The largest absolute Gasteiger partial charge is 0.354 e. The average Bonchev–Trinajstić information content (AvgIpc) is 2.89. The van der Waals surface area contributed by atoms with Crippen LogP contribution in [0.25, 0.3) is 0 Å². The number of nitriles is 1. The van der Waals surface area contributed by atoms with Crippen molar-refractivity contribution in [3.05, 3.63) is 18.1 Å². The molecule has 5 nitrogen and oxygen atoms in total. The molecule has 1 aliphatic rings. The molecule has 0 bridgehead atoms. The molecule has 2 rings (SSSR count). The molecular weight excluding hydrogens is 214 g/mol. The lowest BCUT2D eigenvalue weighted by Crippen LogP contribution is -2.38. The van der Waals surface area contributed by atoms with Crippen LogP contribution in [0.5, 0.6) is 0 Å². The number of aromatic nitrogens is 2. The Morgan fingerprint density at radius 2 is 2.41 bits per heavy atom. The SMILES string of the molecule is CCN(CC1CCCN1)c1cnc(C#N)cn1. The Morgan fingerprint density at radius 1 is 1.53 bits per heavy atom. The highest BCUT2D eigenvalue weighted by Crippen LogP contribution is 2.13. The summed E-state index contributed by atoms with van der Waals surface area (Å²) in [5.74, 6) is 0.847. The van der Waals surface area contributed by atoms with E-state index < -0.39 is 0 Å². The average molecular weight is 231 g/mol. The third-order valence-corrected chi connectivity index (χ3v) is 3.06. The van der Waals surface area contributed by atoms with E-state index in [4.69, 9.17) is 5.26 Å². The van der Waals surface area contributed by atoms with Gasteiger partial charge in [-0.3, -0.25) is 0 Å². The lowest BCUT2D eigenvalue weighted by Gasteiger charge is -2.25. The van der Waals surface area contributed by atoms with Crippen molar-refractivity contribution >= 4 is 5.82 Å². The second-order valence-electron chi connectivity index (χ2n) is 4.20. The van der Waals surface area contributed by atoms with E-state index in [-0.39, 0.29) is 0 Å². The van der Waals surface area contributed by atoms with Gasteiger partial charge in [0.25, 0.3) is 0 Å². The molecule has 0 aliphatic carbocycles. The highest BCUT2D eigenvalue weighted by atomic mass is 15.2. The minimum absolute atomic E-state index is 0.365. The van der Waals surface area contributed by atoms with Gasteiger partial charge in [-0.25, -0.2) is 9.97 Å². The van der Waals surface area contributed by atoms with Crippen LogP contribution in [0.3, 0.4) is 0 Å². The molecule has 0 radical (unpaired) electrons. The second-order valence-corrected chi connectivity index (χ2v) is 4.20. The van der Waals surface area contributed by atoms with Crippen LogP contribution < -0.4 is 10.2 Å². The molecule has 0 saturated carbocycles. The molecule has 1 aromatic rings. The smallest absolute Gasteiger partial charge is 0.158 e. The summed E-state index contributed by atoms with van der Waals surface area (Å²) >= 11 is 0. The molecule has 1 aliphatic heterocycles. The van der Waals surface area contributed by atoms with E-state index in [1.165, 1.54) is 19.0 Å². The van der Waals surface area contributed by atoms with Crippen LogP contribution in [0.1, 0.15) is 25.5 Å². The summed E-state index contributed by atoms with van der Waals surface area (Å²) in [4.78, 5) is 10.5. The van der Waals surface area contributed by atoms with Gasteiger partial charge in [-0.1, -0.05) is 0 Å². The van der Waals surface area contributed by atoms with Crippen molar-refractivity contribution in [3.63, 3.8) is 0 Å². The van der Waals surface area contributed by atoms with Crippen LogP contribution in [-0.4, -0.2) is 35.6 Å². The predicted octanol–water partition coefficient (Wildman–Crippen LogP) is 0.927. The number of anilines is 1. The van der Waals surface area contributed by atoms with Gasteiger partial charge in [-0.05, 0) is 26.3 Å². The molecule has 1 fully saturated rings. The summed E-state index contributed by atoms with van der Waals surface area (Å²) in [6.45, 7) is 5.08. The molecule has 5 heteroatoms. The van der Waals surface area contributed by atoms with Crippen LogP contribution in [0.15, 0.2) is 12.4 Å². The highest BCUT2D eigenvalue weighted by Gasteiger charge is 2.18. The lowest BCUT2D eigenvalue weighted by molar-refractivity contribution is 0.583. The molecule has 0 amide bonds. The quantitative estimate of drug-likeness (QED) is 0.835. The van der Waals surface area contributed by atoms with Crippen LogP contribution in [-0.2, 0) is 0 Å². The number of hydrogen-bond acceptors (Lipinski definition) is 5. The second kappa shape index (κ2) is 5.60. The molecule has 90 valence electrons. The molecular formula is C12H17N5. The van der Waals surface area contributed by atoms with Crippen molar-refractivity contribution < 1.29 is 0 Å². The highest BCUT2D eigenvalue weighted by molar-refractivity contribution is 5.37. The Bertz CT molecular complexity index is 388. The van der Waals surface area contributed by atoms with Crippen LogP contribution in [0.4, 0.5) is 5.82 Å². The van der Waals surface area contributed by atoms with Crippen molar-refractivity contribution in [1.29, 1.82) is 5.26 Å². The van der Waals surface area contributed by atoms with Crippen molar-refractivity contribution in [2.45, 2.75) is 25.8 Å². The van der Waals surface area contributed by atoms with Gasteiger partial charge in [-0.15, -0.1) is 0 Å². The van der Waals surface area contributed by atoms with Gasteiger partial charge in [0, 0.05) is 19.1 Å². The fraction of sp³-hybridized carbons (Fsp3) is 0.583. The number of likely N-dealkylation sites (N-methyl/N-ethyl adjacent to an activating group) is 1. The Morgan fingerprint density at radius 3 is 2.94 bits per heavy atom. The minimum Gasteiger partial charge on any atom is -0.354 e. The van der Waals surface area contributed by atoms with Crippen LogP contribution in [0, 0.1) is 11.3 Å². The summed E-state index contributed by atoms with van der Waals surface area (Å²) in [5.41, 5.74) is 0.365. The van der Waals surface area contributed by atoms with E-state index in [0.29, 0.717) is 11.7 Å². The van der Waals surface area contributed by atoms with Crippen LogP contribution >= 0.6 is 0 Å². The van der Waals surface area contributed by atoms with Gasteiger partial charge in [0.05, 0.1) is 12.4 Å². The Balaban J connectivity index is 2.03. The Hall–Kier alpha value is -1.67. The third-order valence-electron chi connectivity index (χ3n) is 3.06. The molecule has 1 saturated heterocycles. The molecule has 0 spiro atoms. The summed E-state index contributed by atoms with van der Waals surface area (Å²) in [7, 11) is 0. The zero-order valence-electron chi connectivity index (χ0n) is 10.1.